The minimum absolute atomic E-state index is 0.0340. The summed E-state index contributed by atoms with van der Waals surface area (Å²) in [4.78, 5) is 42.5. The number of methoxy groups -OCH3 is 1. The number of anilines is 1. The van der Waals surface area contributed by atoms with E-state index in [1.54, 1.807) is 24.3 Å². The molecule has 12 heteroatoms. The molecule has 4 atom stereocenters. The number of hydrazone groups is 1. The summed E-state index contributed by atoms with van der Waals surface area (Å²) in [6.07, 6.45) is 4.77. The Hall–Kier alpha value is -5.52. The van der Waals surface area contributed by atoms with E-state index in [1.807, 2.05) is 62.4 Å². The van der Waals surface area contributed by atoms with Gasteiger partial charge in [-0.15, -0.1) is 0 Å². The van der Waals surface area contributed by atoms with E-state index in [0.717, 1.165) is 58.1 Å². The van der Waals surface area contributed by atoms with E-state index in [4.69, 9.17) is 19.3 Å². The molecule has 0 aromatic heterocycles. The summed E-state index contributed by atoms with van der Waals surface area (Å²) in [7, 11) is 1.48. The van der Waals surface area contributed by atoms with Crippen LogP contribution in [0.5, 0.6) is 17.2 Å². The number of hydrogen-bond donors (Lipinski definition) is 0. The molecule has 3 heterocycles. The van der Waals surface area contributed by atoms with Crippen LogP contribution in [0, 0.1) is 5.92 Å². The first-order valence-corrected chi connectivity index (χ1v) is 16.7. The van der Waals surface area contributed by atoms with Crippen LogP contribution in [0.25, 0.3) is 6.08 Å². The Balaban J connectivity index is 1.18. The average molecular weight is 663 g/mol. The van der Waals surface area contributed by atoms with Crippen molar-refractivity contribution in [2.24, 2.45) is 21.4 Å². The summed E-state index contributed by atoms with van der Waals surface area (Å²) in [5.74, 6) is 0.530. The summed E-state index contributed by atoms with van der Waals surface area (Å²) in [6.45, 7) is 4.76. The van der Waals surface area contributed by atoms with Gasteiger partial charge in [0.25, 0.3) is 17.7 Å². The van der Waals surface area contributed by atoms with Crippen LogP contribution in [0.1, 0.15) is 50.3 Å². The number of para-hydroxylation sites is 2. The summed E-state index contributed by atoms with van der Waals surface area (Å²) in [5.41, 5.74) is 4.24. The Morgan fingerprint density at radius 1 is 0.898 bits per heavy atom. The molecule has 1 saturated carbocycles. The second-order valence-corrected chi connectivity index (χ2v) is 12.2. The number of carbonyl (C=O) groups excluding carboxylic acids is 3. The maximum atomic E-state index is 14.3. The second-order valence-electron chi connectivity index (χ2n) is 12.2. The zero-order valence-electron chi connectivity index (χ0n) is 27.7. The quantitative estimate of drug-likeness (QED) is 0.259. The number of ether oxygens (including phenoxy) is 3. The molecule has 49 heavy (non-hydrogen) atoms. The number of imide groups is 1. The van der Waals surface area contributed by atoms with Crippen molar-refractivity contribution in [3.63, 3.8) is 0 Å². The summed E-state index contributed by atoms with van der Waals surface area (Å²) in [6, 6.07) is 20.1. The van der Waals surface area contributed by atoms with Gasteiger partial charge in [0.05, 0.1) is 37.8 Å². The maximum absolute atomic E-state index is 14.3. The van der Waals surface area contributed by atoms with Crippen molar-refractivity contribution >= 4 is 35.2 Å². The molecule has 12 nitrogen and oxygen atoms in total. The lowest BCUT2D eigenvalue weighted by Gasteiger charge is -2.30. The number of nitrogens with zero attached hydrogens (tertiary/aromatic N) is 6. The zero-order chi connectivity index (χ0) is 34.1. The standard InChI is InChI=1S/C37H38N6O6/c1-4-48-26-17-13-23(14-18-26)21-25-9-8-10-28-32(25)39-43(34(28)24-15-19-27(20-16-24)49-5-2)31(44)22-41-35-33(38-40-41)36(45)42(37(35)46)29-11-6-7-12-30(29)47-3/h6-7,11-21,28,33-35H,4-5,8-10,22H2,1-3H3/b25-21+/t28-,33+,34-,35-/m1/s1. The fourth-order valence-corrected chi connectivity index (χ4v) is 7.11. The Kier molecular flexibility index (Phi) is 8.85. The molecule has 0 bridgehead atoms. The lowest BCUT2D eigenvalue weighted by Crippen LogP contribution is -2.45. The number of carbonyl (C=O) groups is 3. The van der Waals surface area contributed by atoms with Gasteiger partial charge < -0.3 is 14.2 Å². The number of allylic oxidation sites excluding steroid dienone is 1. The predicted molar refractivity (Wildman–Crippen MR) is 182 cm³/mol. The lowest BCUT2D eigenvalue weighted by atomic mass is 9.77. The van der Waals surface area contributed by atoms with E-state index in [2.05, 4.69) is 16.4 Å². The first-order valence-electron chi connectivity index (χ1n) is 16.7. The van der Waals surface area contributed by atoms with Crippen LogP contribution in [0.15, 0.2) is 93.8 Å². The fraction of sp³-hybridized carbons (Fsp3) is 0.351. The van der Waals surface area contributed by atoms with Crippen molar-refractivity contribution < 1.29 is 28.6 Å². The molecule has 3 aromatic rings. The van der Waals surface area contributed by atoms with Crippen molar-refractivity contribution in [1.82, 2.24) is 10.0 Å². The van der Waals surface area contributed by atoms with Gasteiger partial charge in [-0.2, -0.15) is 10.2 Å². The molecule has 3 aromatic carbocycles. The van der Waals surface area contributed by atoms with Crippen molar-refractivity contribution in [1.29, 1.82) is 0 Å². The van der Waals surface area contributed by atoms with Crippen LogP contribution in [-0.4, -0.2) is 72.4 Å². The Morgan fingerprint density at radius 2 is 1.59 bits per heavy atom. The van der Waals surface area contributed by atoms with Gasteiger partial charge in [-0.25, -0.2) is 9.91 Å². The molecule has 0 unspecified atom stereocenters. The van der Waals surface area contributed by atoms with Crippen molar-refractivity contribution in [2.45, 2.75) is 51.2 Å². The van der Waals surface area contributed by atoms with Crippen LogP contribution in [-0.2, 0) is 14.4 Å². The number of amides is 3. The third kappa shape index (κ3) is 5.92. The third-order valence-corrected chi connectivity index (χ3v) is 9.30. The summed E-state index contributed by atoms with van der Waals surface area (Å²) in [5, 5.41) is 16.1. The van der Waals surface area contributed by atoms with Crippen LogP contribution >= 0.6 is 0 Å². The number of fused-ring (bicyclic) bond motifs is 2. The highest BCUT2D eigenvalue weighted by atomic mass is 16.5. The first kappa shape index (κ1) is 32.0. The second kappa shape index (κ2) is 13.5. The first-order chi connectivity index (χ1) is 23.9. The van der Waals surface area contributed by atoms with Crippen LogP contribution < -0.4 is 19.1 Å². The summed E-state index contributed by atoms with van der Waals surface area (Å²) < 4.78 is 16.7. The van der Waals surface area contributed by atoms with Gasteiger partial charge in [0.15, 0.2) is 12.1 Å². The highest BCUT2D eigenvalue weighted by molar-refractivity contribution is 6.26. The third-order valence-electron chi connectivity index (χ3n) is 9.30. The van der Waals surface area contributed by atoms with Gasteiger partial charge >= 0.3 is 0 Å². The monoisotopic (exact) mass is 662 g/mol. The largest absolute Gasteiger partial charge is 0.495 e. The normalized spacial score (nSPS) is 23.5. The molecular weight excluding hydrogens is 624 g/mol. The molecule has 3 amide bonds. The SMILES string of the molecule is CCOc1ccc(/C=C2\CCC[C@@H]3C2=NN(C(=O)CN2N=N[C@@H]4C(=O)N(c5ccccc5OC)C(=O)[C@@H]42)[C@@H]3c2ccc(OCC)cc2)cc1. The van der Waals surface area contributed by atoms with E-state index in [9.17, 15) is 14.4 Å². The van der Waals surface area contributed by atoms with E-state index in [1.165, 1.54) is 17.1 Å². The van der Waals surface area contributed by atoms with Crippen LogP contribution in [0.2, 0.25) is 0 Å². The molecular formula is C37H38N6O6. The highest BCUT2D eigenvalue weighted by Gasteiger charge is 2.56. The smallest absolute Gasteiger partial charge is 0.264 e. The van der Waals surface area contributed by atoms with E-state index >= 15 is 0 Å². The Labute approximate surface area is 284 Å². The van der Waals surface area contributed by atoms with E-state index < -0.39 is 23.9 Å². The molecule has 4 aliphatic rings. The van der Waals surface area contributed by atoms with Crippen molar-refractivity contribution in [3.05, 3.63) is 89.5 Å². The van der Waals surface area contributed by atoms with Gasteiger partial charge in [0, 0.05) is 5.92 Å². The highest BCUT2D eigenvalue weighted by Crippen LogP contribution is 2.45. The number of benzene rings is 3. The van der Waals surface area contributed by atoms with Crippen LogP contribution in [0.3, 0.4) is 0 Å². The van der Waals surface area contributed by atoms with Gasteiger partial charge in [0.2, 0.25) is 0 Å². The van der Waals surface area contributed by atoms with Gasteiger partial charge in [0.1, 0.15) is 23.8 Å². The zero-order valence-corrected chi connectivity index (χ0v) is 27.7. The van der Waals surface area contributed by atoms with Crippen LogP contribution in [0.4, 0.5) is 5.69 Å². The van der Waals surface area contributed by atoms with Gasteiger partial charge in [-0.3, -0.25) is 19.4 Å². The lowest BCUT2D eigenvalue weighted by molar-refractivity contribution is -0.136. The number of rotatable bonds is 10. The molecule has 1 saturated heterocycles. The summed E-state index contributed by atoms with van der Waals surface area (Å²) >= 11 is 0. The Bertz CT molecular complexity index is 1840. The topological polar surface area (TPSA) is 126 Å². The predicted octanol–water partition coefficient (Wildman–Crippen LogP) is 5.61. The minimum Gasteiger partial charge on any atom is -0.495 e. The van der Waals surface area contributed by atoms with E-state index in [-0.39, 0.29) is 24.4 Å². The minimum atomic E-state index is -1.05. The maximum Gasteiger partial charge on any atom is 0.264 e. The van der Waals surface area contributed by atoms with E-state index in [0.29, 0.717) is 24.7 Å². The molecule has 0 radical (unpaired) electrons. The molecule has 1 aliphatic carbocycles. The molecule has 0 N–H and O–H groups in total. The molecule has 2 fully saturated rings. The average Bonchev–Trinajstić information content (AvgIpc) is 3.79. The molecule has 252 valence electrons. The van der Waals surface area contributed by atoms with Crippen molar-refractivity contribution in [2.75, 3.05) is 31.8 Å². The van der Waals surface area contributed by atoms with Gasteiger partial charge in [-0.1, -0.05) is 41.6 Å². The van der Waals surface area contributed by atoms with Gasteiger partial charge in [-0.05, 0) is 92.3 Å². The number of hydrogen-bond acceptors (Lipinski definition) is 10. The Morgan fingerprint density at radius 3 is 2.29 bits per heavy atom. The molecule has 7 rings (SSSR count). The fourth-order valence-electron chi connectivity index (χ4n) is 7.11. The van der Waals surface area contributed by atoms with Crippen molar-refractivity contribution in [3.8, 4) is 17.2 Å². The molecule has 3 aliphatic heterocycles. The molecule has 0 spiro atoms.